The van der Waals surface area contributed by atoms with Crippen LogP contribution in [-0.2, 0) is 6.42 Å². The predicted molar refractivity (Wildman–Crippen MR) is 66.4 cm³/mol. The highest BCUT2D eigenvalue weighted by atomic mass is 16.3. The summed E-state index contributed by atoms with van der Waals surface area (Å²) in [5.74, 6) is 0.675. The zero-order valence-corrected chi connectivity index (χ0v) is 10.6. The third-order valence-corrected chi connectivity index (χ3v) is 3.95. The van der Waals surface area contributed by atoms with Gasteiger partial charge >= 0.3 is 0 Å². The summed E-state index contributed by atoms with van der Waals surface area (Å²) >= 11 is 0. The van der Waals surface area contributed by atoms with E-state index in [1.807, 2.05) is 6.26 Å². The SMILES string of the molecule is CC(C)C(C)(CNC1CC1)Cc1ccoc1. The minimum Gasteiger partial charge on any atom is -0.472 e. The van der Waals surface area contributed by atoms with Crippen LogP contribution in [0.3, 0.4) is 0 Å². The van der Waals surface area contributed by atoms with Gasteiger partial charge in [0, 0.05) is 12.6 Å². The van der Waals surface area contributed by atoms with Gasteiger partial charge in [-0.1, -0.05) is 20.8 Å². The van der Waals surface area contributed by atoms with E-state index in [9.17, 15) is 0 Å². The van der Waals surface area contributed by atoms with Gasteiger partial charge in [-0.2, -0.15) is 0 Å². The molecule has 0 aliphatic heterocycles. The summed E-state index contributed by atoms with van der Waals surface area (Å²) in [6.07, 6.45) is 7.46. The van der Waals surface area contributed by atoms with Crippen molar-refractivity contribution < 1.29 is 4.42 Å². The van der Waals surface area contributed by atoms with E-state index in [1.54, 1.807) is 6.26 Å². The van der Waals surface area contributed by atoms with Crippen LogP contribution < -0.4 is 5.32 Å². The second-order valence-electron chi connectivity index (χ2n) is 5.77. The molecule has 2 nitrogen and oxygen atoms in total. The molecule has 2 heteroatoms. The molecule has 0 bridgehead atoms. The lowest BCUT2D eigenvalue weighted by Crippen LogP contribution is -2.38. The van der Waals surface area contributed by atoms with Crippen LogP contribution in [0.5, 0.6) is 0 Å². The first-order chi connectivity index (χ1) is 7.60. The summed E-state index contributed by atoms with van der Waals surface area (Å²) in [5, 5.41) is 3.66. The summed E-state index contributed by atoms with van der Waals surface area (Å²) in [4.78, 5) is 0. The van der Waals surface area contributed by atoms with E-state index >= 15 is 0 Å². The highest BCUT2D eigenvalue weighted by molar-refractivity contribution is 5.09. The van der Waals surface area contributed by atoms with Crippen molar-refractivity contribution in [3.05, 3.63) is 24.2 Å². The molecule has 1 fully saturated rings. The number of hydrogen-bond acceptors (Lipinski definition) is 2. The van der Waals surface area contributed by atoms with E-state index < -0.39 is 0 Å². The fourth-order valence-corrected chi connectivity index (χ4v) is 2.00. The van der Waals surface area contributed by atoms with Gasteiger partial charge in [-0.15, -0.1) is 0 Å². The zero-order chi connectivity index (χ0) is 11.6. The Morgan fingerprint density at radius 3 is 2.75 bits per heavy atom. The molecule has 16 heavy (non-hydrogen) atoms. The Morgan fingerprint density at radius 1 is 1.50 bits per heavy atom. The monoisotopic (exact) mass is 221 g/mol. The van der Waals surface area contributed by atoms with Crippen LogP contribution in [0.1, 0.15) is 39.2 Å². The van der Waals surface area contributed by atoms with Gasteiger partial charge in [0.2, 0.25) is 0 Å². The third-order valence-electron chi connectivity index (χ3n) is 3.95. The second-order valence-corrected chi connectivity index (χ2v) is 5.77. The smallest absolute Gasteiger partial charge is 0.0934 e. The van der Waals surface area contributed by atoms with Crippen LogP contribution in [0.4, 0.5) is 0 Å². The molecule has 1 aromatic heterocycles. The molecule has 1 unspecified atom stereocenters. The predicted octanol–water partition coefficient (Wildman–Crippen LogP) is 3.24. The Balaban J connectivity index is 1.95. The fourth-order valence-electron chi connectivity index (χ4n) is 2.00. The third kappa shape index (κ3) is 2.88. The van der Waals surface area contributed by atoms with E-state index in [1.165, 1.54) is 18.4 Å². The number of rotatable bonds is 6. The van der Waals surface area contributed by atoms with Crippen LogP contribution >= 0.6 is 0 Å². The molecule has 0 aromatic carbocycles. The van der Waals surface area contributed by atoms with E-state index in [0.717, 1.165) is 19.0 Å². The Labute approximate surface area is 98.4 Å². The Kier molecular flexibility index (Phi) is 3.38. The van der Waals surface area contributed by atoms with Gasteiger partial charge in [-0.25, -0.2) is 0 Å². The fraction of sp³-hybridized carbons (Fsp3) is 0.714. The van der Waals surface area contributed by atoms with Crippen LogP contribution in [0.25, 0.3) is 0 Å². The van der Waals surface area contributed by atoms with Crippen molar-refractivity contribution in [3.8, 4) is 0 Å². The topological polar surface area (TPSA) is 25.2 Å². The molecule has 0 saturated heterocycles. The molecule has 0 amide bonds. The van der Waals surface area contributed by atoms with E-state index in [-0.39, 0.29) is 0 Å². The molecule has 90 valence electrons. The molecule has 2 rings (SSSR count). The largest absolute Gasteiger partial charge is 0.472 e. The van der Waals surface area contributed by atoms with Crippen LogP contribution in [-0.4, -0.2) is 12.6 Å². The Hall–Kier alpha value is -0.760. The van der Waals surface area contributed by atoms with Crippen molar-refractivity contribution in [2.24, 2.45) is 11.3 Å². The number of nitrogens with one attached hydrogen (secondary N) is 1. The lowest BCUT2D eigenvalue weighted by atomic mass is 9.74. The van der Waals surface area contributed by atoms with Crippen LogP contribution in [0, 0.1) is 11.3 Å². The molecule has 1 N–H and O–H groups in total. The first-order valence-corrected chi connectivity index (χ1v) is 6.34. The van der Waals surface area contributed by atoms with Gasteiger partial charge in [0.15, 0.2) is 0 Å². The molecule has 1 atom stereocenters. The number of furan rings is 1. The average Bonchev–Trinajstić information content (AvgIpc) is 2.94. The lowest BCUT2D eigenvalue weighted by molar-refractivity contribution is 0.206. The van der Waals surface area contributed by atoms with Crippen molar-refractivity contribution in [3.63, 3.8) is 0 Å². The molecule has 1 heterocycles. The molecular weight excluding hydrogens is 198 g/mol. The van der Waals surface area contributed by atoms with Gasteiger partial charge < -0.3 is 9.73 Å². The van der Waals surface area contributed by atoms with Crippen molar-refractivity contribution in [2.75, 3.05) is 6.54 Å². The maximum atomic E-state index is 5.16. The summed E-state index contributed by atoms with van der Waals surface area (Å²) < 4.78 is 5.16. The lowest BCUT2D eigenvalue weighted by Gasteiger charge is -2.34. The molecule has 0 spiro atoms. The van der Waals surface area contributed by atoms with Crippen molar-refractivity contribution in [1.82, 2.24) is 5.32 Å². The highest BCUT2D eigenvalue weighted by Crippen LogP contribution is 2.32. The molecule has 0 radical (unpaired) electrons. The van der Waals surface area contributed by atoms with Gasteiger partial charge in [-0.05, 0) is 42.2 Å². The molecule has 1 aromatic rings. The molecule has 1 aliphatic carbocycles. The Bertz CT molecular complexity index is 313. The zero-order valence-electron chi connectivity index (χ0n) is 10.6. The summed E-state index contributed by atoms with van der Waals surface area (Å²) in [6.45, 7) is 8.11. The number of hydrogen-bond donors (Lipinski definition) is 1. The van der Waals surface area contributed by atoms with Crippen LogP contribution in [0.15, 0.2) is 23.0 Å². The first kappa shape index (κ1) is 11.7. The van der Waals surface area contributed by atoms with Gasteiger partial charge in [0.25, 0.3) is 0 Å². The average molecular weight is 221 g/mol. The van der Waals surface area contributed by atoms with Gasteiger partial charge in [0.05, 0.1) is 12.5 Å². The molecule has 1 aliphatic rings. The van der Waals surface area contributed by atoms with E-state index in [2.05, 4.69) is 32.2 Å². The quantitative estimate of drug-likeness (QED) is 0.797. The first-order valence-electron chi connectivity index (χ1n) is 6.34. The van der Waals surface area contributed by atoms with E-state index in [4.69, 9.17) is 4.42 Å². The summed E-state index contributed by atoms with van der Waals surface area (Å²) in [5.41, 5.74) is 1.64. The minimum absolute atomic E-state index is 0.326. The summed E-state index contributed by atoms with van der Waals surface area (Å²) in [6, 6.07) is 2.88. The highest BCUT2D eigenvalue weighted by Gasteiger charge is 2.31. The normalized spacial score (nSPS) is 20.0. The van der Waals surface area contributed by atoms with E-state index in [0.29, 0.717) is 11.3 Å². The molecular formula is C14H23NO. The maximum absolute atomic E-state index is 5.16. The molecule has 1 saturated carbocycles. The van der Waals surface area contributed by atoms with Gasteiger partial charge in [0.1, 0.15) is 0 Å². The van der Waals surface area contributed by atoms with Gasteiger partial charge in [-0.3, -0.25) is 0 Å². The maximum Gasteiger partial charge on any atom is 0.0934 e. The van der Waals surface area contributed by atoms with Crippen LogP contribution in [0.2, 0.25) is 0 Å². The van der Waals surface area contributed by atoms with Crippen molar-refractivity contribution in [2.45, 2.75) is 46.1 Å². The minimum atomic E-state index is 0.326. The Morgan fingerprint density at radius 2 is 2.25 bits per heavy atom. The standard InChI is InChI=1S/C14H23NO/c1-11(2)14(3,10-15-13-4-5-13)8-12-6-7-16-9-12/h6-7,9,11,13,15H,4-5,8,10H2,1-3H3. The van der Waals surface area contributed by atoms with Crippen molar-refractivity contribution >= 4 is 0 Å². The summed E-state index contributed by atoms with van der Waals surface area (Å²) in [7, 11) is 0. The van der Waals surface area contributed by atoms with Crippen molar-refractivity contribution in [1.29, 1.82) is 0 Å². The second kappa shape index (κ2) is 4.62.